The Labute approximate surface area is 91.8 Å². The first-order chi connectivity index (χ1) is 7.19. The van der Waals surface area contributed by atoms with E-state index in [9.17, 15) is 4.79 Å². The maximum atomic E-state index is 11.8. The van der Waals surface area contributed by atoms with Crippen LogP contribution < -0.4 is 5.73 Å². The van der Waals surface area contributed by atoms with Crippen molar-refractivity contribution in [3.63, 3.8) is 0 Å². The van der Waals surface area contributed by atoms with E-state index in [1.807, 2.05) is 11.8 Å². The first kappa shape index (κ1) is 12.5. The average molecular weight is 214 g/mol. The Morgan fingerprint density at radius 3 is 3.00 bits per heavy atom. The Morgan fingerprint density at radius 2 is 2.40 bits per heavy atom. The summed E-state index contributed by atoms with van der Waals surface area (Å²) in [6, 6.07) is -0.328. The van der Waals surface area contributed by atoms with E-state index < -0.39 is 0 Å². The van der Waals surface area contributed by atoms with Crippen molar-refractivity contribution >= 4 is 5.91 Å². The third-order valence-corrected chi connectivity index (χ3v) is 2.99. The standard InChI is InChI=1S/C11H22N2O2/c1-3-10(12)11(14)13-6-4-5-9(7-13)8-15-2/h9-10H,3-8,12H2,1-2H3/t9-,10?/m0/s1. The largest absolute Gasteiger partial charge is 0.384 e. The number of methoxy groups -OCH3 is 1. The fraction of sp³-hybridized carbons (Fsp3) is 0.909. The van der Waals surface area contributed by atoms with Crippen LogP contribution >= 0.6 is 0 Å². The number of ether oxygens (including phenoxy) is 1. The van der Waals surface area contributed by atoms with E-state index >= 15 is 0 Å². The van der Waals surface area contributed by atoms with Crippen LogP contribution in [0.1, 0.15) is 26.2 Å². The molecule has 1 aliphatic heterocycles. The molecule has 4 heteroatoms. The Kier molecular flexibility index (Phi) is 5.05. The van der Waals surface area contributed by atoms with Gasteiger partial charge in [0.2, 0.25) is 5.91 Å². The monoisotopic (exact) mass is 214 g/mol. The van der Waals surface area contributed by atoms with Gasteiger partial charge in [0.25, 0.3) is 0 Å². The number of carbonyl (C=O) groups excluding carboxylic acids is 1. The molecule has 0 aromatic carbocycles. The number of hydrogen-bond donors (Lipinski definition) is 1. The number of rotatable bonds is 4. The molecule has 88 valence electrons. The van der Waals surface area contributed by atoms with E-state index in [0.717, 1.165) is 32.5 Å². The summed E-state index contributed by atoms with van der Waals surface area (Å²) in [5.41, 5.74) is 5.74. The van der Waals surface area contributed by atoms with Crippen LogP contribution in [0.5, 0.6) is 0 Å². The molecule has 4 nitrogen and oxygen atoms in total. The first-order valence-electron chi connectivity index (χ1n) is 5.72. The normalized spacial score (nSPS) is 23.9. The Bertz CT molecular complexity index is 207. The molecule has 0 aromatic heterocycles. The molecule has 2 N–H and O–H groups in total. The second kappa shape index (κ2) is 6.08. The minimum absolute atomic E-state index is 0.0957. The van der Waals surface area contributed by atoms with Gasteiger partial charge in [-0.05, 0) is 25.2 Å². The van der Waals surface area contributed by atoms with Crippen molar-refractivity contribution in [3.05, 3.63) is 0 Å². The number of carbonyl (C=O) groups is 1. The predicted molar refractivity (Wildman–Crippen MR) is 59.4 cm³/mol. The van der Waals surface area contributed by atoms with Gasteiger partial charge in [-0.1, -0.05) is 6.92 Å². The maximum absolute atomic E-state index is 11.8. The molecule has 1 saturated heterocycles. The van der Waals surface area contributed by atoms with Crippen LogP contribution in [0.3, 0.4) is 0 Å². The third kappa shape index (κ3) is 3.47. The number of nitrogens with two attached hydrogens (primary N) is 1. The van der Waals surface area contributed by atoms with Crippen molar-refractivity contribution in [2.45, 2.75) is 32.2 Å². The number of amides is 1. The topological polar surface area (TPSA) is 55.6 Å². The van der Waals surface area contributed by atoms with Crippen molar-refractivity contribution in [1.82, 2.24) is 4.90 Å². The van der Waals surface area contributed by atoms with Gasteiger partial charge >= 0.3 is 0 Å². The molecule has 1 amide bonds. The van der Waals surface area contributed by atoms with Gasteiger partial charge in [0, 0.05) is 20.2 Å². The number of hydrogen-bond acceptors (Lipinski definition) is 3. The van der Waals surface area contributed by atoms with Gasteiger partial charge in [0.05, 0.1) is 12.6 Å². The van der Waals surface area contributed by atoms with Crippen LogP contribution in [0.15, 0.2) is 0 Å². The van der Waals surface area contributed by atoms with Crippen LogP contribution in [0.2, 0.25) is 0 Å². The van der Waals surface area contributed by atoms with E-state index in [1.165, 1.54) is 0 Å². The summed E-state index contributed by atoms with van der Waals surface area (Å²) in [6.07, 6.45) is 2.93. The molecule has 0 aromatic rings. The second-order valence-corrected chi connectivity index (χ2v) is 4.26. The minimum Gasteiger partial charge on any atom is -0.384 e. The molecule has 1 aliphatic rings. The first-order valence-corrected chi connectivity index (χ1v) is 5.72. The van der Waals surface area contributed by atoms with E-state index in [4.69, 9.17) is 10.5 Å². The molecule has 1 rings (SSSR count). The van der Waals surface area contributed by atoms with Crippen molar-refractivity contribution < 1.29 is 9.53 Å². The second-order valence-electron chi connectivity index (χ2n) is 4.26. The van der Waals surface area contributed by atoms with E-state index in [2.05, 4.69) is 0 Å². The van der Waals surface area contributed by atoms with Gasteiger partial charge in [-0.25, -0.2) is 0 Å². The SMILES string of the molecule is CCC(N)C(=O)N1CCC[C@H](COC)C1. The van der Waals surface area contributed by atoms with E-state index in [0.29, 0.717) is 12.3 Å². The van der Waals surface area contributed by atoms with Gasteiger partial charge in [0.1, 0.15) is 0 Å². The average Bonchev–Trinajstić information content (AvgIpc) is 2.28. The van der Waals surface area contributed by atoms with Gasteiger partial charge in [0.15, 0.2) is 0 Å². The Hall–Kier alpha value is -0.610. The molecule has 2 atom stereocenters. The van der Waals surface area contributed by atoms with Gasteiger partial charge in [-0.3, -0.25) is 4.79 Å². The number of nitrogens with zero attached hydrogens (tertiary/aromatic N) is 1. The van der Waals surface area contributed by atoms with E-state index in [-0.39, 0.29) is 11.9 Å². The summed E-state index contributed by atoms with van der Waals surface area (Å²) in [7, 11) is 1.71. The molecule has 0 radical (unpaired) electrons. The van der Waals surface area contributed by atoms with E-state index in [1.54, 1.807) is 7.11 Å². The van der Waals surface area contributed by atoms with Crippen molar-refractivity contribution in [3.8, 4) is 0 Å². The molecule has 15 heavy (non-hydrogen) atoms. The summed E-state index contributed by atoms with van der Waals surface area (Å²) < 4.78 is 5.13. The van der Waals surface area contributed by atoms with Crippen LogP contribution in [0, 0.1) is 5.92 Å². The van der Waals surface area contributed by atoms with Crippen LogP contribution in [-0.4, -0.2) is 43.7 Å². The number of piperidine rings is 1. The minimum atomic E-state index is -0.328. The quantitative estimate of drug-likeness (QED) is 0.746. The van der Waals surface area contributed by atoms with Crippen molar-refractivity contribution in [2.24, 2.45) is 11.7 Å². The zero-order chi connectivity index (χ0) is 11.3. The van der Waals surface area contributed by atoms with Crippen molar-refractivity contribution in [2.75, 3.05) is 26.8 Å². The Balaban J connectivity index is 2.44. The lowest BCUT2D eigenvalue weighted by Crippen LogP contribution is -2.48. The molecule has 0 aliphatic carbocycles. The number of likely N-dealkylation sites (tertiary alicyclic amines) is 1. The van der Waals surface area contributed by atoms with Gasteiger partial charge < -0.3 is 15.4 Å². The highest BCUT2D eigenvalue weighted by atomic mass is 16.5. The maximum Gasteiger partial charge on any atom is 0.239 e. The highest BCUT2D eigenvalue weighted by Crippen LogP contribution is 2.17. The fourth-order valence-corrected chi connectivity index (χ4v) is 2.05. The van der Waals surface area contributed by atoms with Crippen LogP contribution in [0.25, 0.3) is 0 Å². The highest BCUT2D eigenvalue weighted by molar-refractivity contribution is 5.81. The lowest BCUT2D eigenvalue weighted by atomic mass is 9.98. The Morgan fingerprint density at radius 1 is 1.67 bits per heavy atom. The summed E-state index contributed by atoms with van der Waals surface area (Å²) in [5, 5.41) is 0. The lowest BCUT2D eigenvalue weighted by Gasteiger charge is -2.33. The van der Waals surface area contributed by atoms with Crippen LogP contribution in [0.4, 0.5) is 0 Å². The predicted octanol–water partition coefficient (Wildman–Crippen LogP) is 0.609. The summed E-state index contributed by atoms with van der Waals surface area (Å²) in [6.45, 7) is 4.34. The lowest BCUT2D eigenvalue weighted by molar-refractivity contribution is -0.134. The summed E-state index contributed by atoms with van der Waals surface area (Å²) in [5.74, 6) is 0.579. The molecular weight excluding hydrogens is 192 g/mol. The van der Waals surface area contributed by atoms with Gasteiger partial charge in [-0.2, -0.15) is 0 Å². The molecule has 1 fully saturated rings. The molecule has 1 unspecified atom stereocenters. The van der Waals surface area contributed by atoms with Crippen LogP contribution in [-0.2, 0) is 9.53 Å². The van der Waals surface area contributed by atoms with Crippen molar-refractivity contribution in [1.29, 1.82) is 0 Å². The smallest absolute Gasteiger partial charge is 0.239 e. The zero-order valence-corrected chi connectivity index (χ0v) is 9.74. The molecular formula is C11H22N2O2. The molecule has 1 heterocycles. The fourth-order valence-electron chi connectivity index (χ4n) is 2.05. The third-order valence-electron chi connectivity index (χ3n) is 2.99. The molecule has 0 bridgehead atoms. The summed E-state index contributed by atoms with van der Waals surface area (Å²) in [4.78, 5) is 13.7. The molecule has 0 saturated carbocycles. The molecule has 0 spiro atoms. The van der Waals surface area contributed by atoms with Gasteiger partial charge in [-0.15, -0.1) is 0 Å². The highest BCUT2D eigenvalue weighted by Gasteiger charge is 2.25. The zero-order valence-electron chi connectivity index (χ0n) is 9.74. The summed E-state index contributed by atoms with van der Waals surface area (Å²) >= 11 is 0.